The van der Waals surface area contributed by atoms with Gasteiger partial charge in [-0.2, -0.15) is 0 Å². The van der Waals surface area contributed by atoms with Crippen LogP contribution >= 0.6 is 15.9 Å². The first-order valence-corrected chi connectivity index (χ1v) is 9.81. The van der Waals surface area contributed by atoms with Gasteiger partial charge in [-0.25, -0.2) is 4.79 Å². The quantitative estimate of drug-likeness (QED) is 0.749. The molecule has 1 atom stereocenters. The fourth-order valence-corrected chi connectivity index (χ4v) is 4.25. The average molecular weight is 430 g/mol. The third kappa shape index (κ3) is 3.64. The minimum atomic E-state index is -0.534. The first-order valence-electron chi connectivity index (χ1n) is 9.02. The molecule has 0 bridgehead atoms. The molecule has 2 heterocycles. The van der Waals surface area contributed by atoms with Gasteiger partial charge in [-0.15, -0.1) is 0 Å². The smallest absolute Gasteiger partial charge is 0.339 e. The molecular formula is C21H20BrNO4. The summed E-state index contributed by atoms with van der Waals surface area (Å²) in [5, 5.41) is 3.22. The Morgan fingerprint density at radius 3 is 2.70 bits per heavy atom. The Balaban J connectivity index is 1.54. The molecule has 0 unspecified atom stereocenters. The number of halogens is 1. The molecule has 27 heavy (non-hydrogen) atoms. The number of carbonyl (C=O) groups is 2. The van der Waals surface area contributed by atoms with Crippen molar-refractivity contribution in [2.24, 2.45) is 0 Å². The van der Waals surface area contributed by atoms with Crippen LogP contribution in [0.1, 0.15) is 46.9 Å². The van der Waals surface area contributed by atoms with Gasteiger partial charge in [-0.05, 0) is 36.6 Å². The fourth-order valence-electron chi connectivity index (χ4n) is 3.85. The number of cyclic esters (lactones) is 1. The lowest BCUT2D eigenvalue weighted by Crippen LogP contribution is -2.49. The zero-order valence-electron chi connectivity index (χ0n) is 14.7. The summed E-state index contributed by atoms with van der Waals surface area (Å²) in [6.45, 7) is 1.18. The molecule has 5 nitrogen and oxygen atoms in total. The molecule has 0 aliphatic carbocycles. The summed E-state index contributed by atoms with van der Waals surface area (Å²) in [6.07, 6.45) is 0.986. The van der Waals surface area contributed by atoms with E-state index in [1.54, 1.807) is 12.1 Å². The summed E-state index contributed by atoms with van der Waals surface area (Å²) in [7, 11) is 0. The Bertz CT molecular complexity index is 876. The highest BCUT2D eigenvalue weighted by atomic mass is 79.9. The third-order valence-electron chi connectivity index (χ3n) is 5.25. The molecule has 0 saturated carbocycles. The zero-order valence-corrected chi connectivity index (χ0v) is 16.3. The van der Waals surface area contributed by atoms with Crippen LogP contribution in [0.2, 0.25) is 0 Å². The first kappa shape index (κ1) is 18.2. The zero-order chi connectivity index (χ0) is 18.9. The largest absolute Gasteiger partial charge is 0.453 e. The van der Waals surface area contributed by atoms with Gasteiger partial charge < -0.3 is 14.8 Å². The van der Waals surface area contributed by atoms with E-state index >= 15 is 0 Å². The second-order valence-corrected chi connectivity index (χ2v) is 7.85. The topological polar surface area (TPSA) is 64.6 Å². The van der Waals surface area contributed by atoms with Gasteiger partial charge in [0, 0.05) is 23.2 Å². The number of nitrogens with one attached hydrogen (secondary N) is 1. The van der Waals surface area contributed by atoms with Crippen LogP contribution in [0, 0.1) is 0 Å². The number of rotatable bonds is 4. The maximum Gasteiger partial charge on any atom is 0.339 e. The molecule has 0 aromatic heterocycles. The first-order chi connectivity index (χ1) is 13.1. The van der Waals surface area contributed by atoms with Crippen molar-refractivity contribution in [3.8, 4) is 0 Å². The number of ether oxygens (including phenoxy) is 2. The minimum Gasteiger partial charge on any atom is -0.453 e. The maximum atomic E-state index is 12.9. The van der Waals surface area contributed by atoms with E-state index in [2.05, 4.69) is 21.2 Å². The number of esters is 1. The summed E-state index contributed by atoms with van der Waals surface area (Å²) < 4.78 is 11.9. The molecule has 1 N–H and O–H groups in total. The van der Waals surface area contributed by atoms with Crippen LogP contribution < -0.4 is 5.32 Å². The highest BCUT2D eigenvalue weighted by Gasteiger charge is 2.38. The molecule has 1 saturated heterocycles. The average Bonchev–Trinajstić information content (AvgIpc) is 2.98. The standard InChI is InChI=1S/C21H20BrNO4/c22-15-5-3-4-14(12-15)21(8-10-26-11-9-21)23-19(24)13-18-16-6-1-2-7-17(16)20(25)27-18/h1-7,12,18H,8-11,13H2,(H,23,24)/t18-/m1/s1. The van der Waals surface area contributed by atoms with Crippen molar-refractivity contribution in [1.82, 2.24) is 5.32 Å². The summed E-state index contributed by atoms with van der Waals surface area (Å²) in [4.78, 5) is 24.9. The highest BCUT2D eigenvalue weighted by molar-refractivity contribution is 9.10. The van der Waals surface area contributed by atoms with Crippen molar-refractivity contribution in [2.45, 2.75) is 30.9 Å². The van der Waals surface area contributed by atoms with Crippen LogP contribution in [0.4, 0.5) is 0 Å². The van der Waals surface area contributed by atoms with Gasteiger partial charge in [0.15, 0.2) is 0 Å². The van der Waals surface area contributed by atoms with E-state index in [9.17, 15) is 9.59 Å². The van der Waals surface area contributed by atoms with Crippen LogP contribution in [0.5, 0.6) is 0 Å². The van der Waals surface area contributed by atoms with Crippen LogP contribution in [-0.2, 0) is 19.8 Å². The Kier molecular flexibility index (Phi) is 5.02. The molecule has 6 heteroatoms. The molecule has 2 aliphatic heterocycles. The second-order valence-electron chi connectivity index (χ2n) is 6.94. The van der Waals surface area contributed by atoms with E-state index in [1.807, 2.05) is 36.4 Å². The molecule has 0 radical (unpaired) electrons. The number of carbonyl (C=O) groups excluding carboxylic acids is 2. The highest BCUT2D eigenvalue weighted by Crippen LogP contribution is 2.36. The summed E-state index contributed by atoms with van der Waals surface area (Å²) in [5.74, 6) is -0.498. The summed E-state index contributed by atoms with van der Waals surface area (Å²) >= 11 is 3.51. The molecule has 140 valence electrons. The lowest BCUT2D eigenvalue weighted by atomic mass is 9.82. The predicted octanol–water partition coefficient (Wildman–Crippen LogP) is 3.87. The normalized spacial score (nSPS) is 20.6. The molecule has 0 spiro atoms. The van der Waals surface area contributed by atoms with E-state index in [0.29, 0.717) is 31.6 Å². The van der Waals surface area contributed by atoms with E-state index in [0.717, 1.165) is 15.6 Å². The van der Waals surface area contributed by atoms with Crippen molar-refractivity contribution in [3.63, 3.8) is 0 Å². The molecule has 2 aromatic rings. The number of benzene rings is 2. The van der Waals surface area contributed by atoms with Gasteiger partial charge in [0.05, 0.1) is 17.5 Å². The van der Waals surface area contributed by atoms with Gasteiger partial charge in [0.1, 0.15) is 6.10 Å². The monoisotopic (exact) mass is 429 g/mol. The van der Waals surface area contributed by atoms with E-state index in [-0.39, 0.29) is 18.3 Å². The van der Waals surface area contributed by atoms with Crippen molar-refractivity contribution in [3.05, 3.63) is 69.7 Å². The number of amides is 1. The van der Waals surface area contributed by atoms with Crippen LogP contribution in [0.3, 0.4) is 0 Å². The predicted molar refractivity (Wildman–Crippen MR) is 103 cm³/mol. The van der Waals surface area contributed by atoms with E-state index in [4.69, 9.17) is 9.47 Å². The van der Waals surface area contributed by atoms with Crippen LogP contribution in [-0.4, -0.2) is 25.1 Å². The second kappa shape index (κ2) is 7.44. The lowest BCUT2D eigenvalue weighted by molar-refractivity contribution is -0.126. The Morgan fingerprint density at radius 1 is 1.15 bits per heavy atom. The fraction of sp³-hybridized carbons (Fsp3) is 0.333. The van der Waals surface area contributed by atoms with Gasteiger partial charge in [-0.1, -0.05) is 46.3 Å². The maximum absolute atomic E-state index is 12.9. The van der Waals surface area contributed by atoms with Crippen molar-refractivity contribution in [2.75, 3.05) is 13.2 Å². The van der Waals surface area contributed by atoms with Crippen LogP contribution in [0.25, 0.3) is 0 Å². The molecule has 2 aromatic carbocycles. The molecule has 1 fully saturated rings. The SMILES string of the molecule is O=C(C[C@H]1OC(=O)c2ccccc21)NC1(c2cccc(Br)c2)CCOCC1. The Labute approximate surface area is 166 Å². The van der Waals surface area contributed by atoms with Gasteiger partial charge in [0.25, 0.3) is 0 Å². The number of fused-ring (bicyclic) bond motifs is 1. The molecule has 1 amide bonds. The van der Waals surface area contributed by atoms with Gasteiger partial charge in [0.2, 0.25) is 5.91 Å². The summed E-state index contributed by atoms with van der Waals surface area (Å²) in [5.41, 5.74) is 1.91. The van der Waals surface area contributed by atoms with E-state index < -0.39 is 11.6 Å². The Morgan fingerprint density at radius 2 is 1.93 bits per heavy atom. The number of hydrogen-bond donors (Lipinski definition) is 1. The van der Waals surface area contributed by atoms with Crippen LogP contribution in [0.15, 0.2) is 53.0 Å². The molecular weight excluding hydrogens is 410 g/mol. The van der Waals surface area contributed by atoms with Gasteiger partial charge in [-0.3, -0.25) is 4.79 Å². The molecule has 4 rings (SSSR count). The van der Waals surface area contributed by atoms with Crippen molar-refractivity contribution in [1.29, 1.82) is 0 Å². The lowest BCUT2D eigenvalue weighted by Gasteiger charge is -2.39. The van der Waals surface area contributed by atoms with Crippen molar-refractivity contribution < 1.29 is 19.1 Å². The Hall–Kier alpha value is -2.18. The molecule has 2 aliphatic rings. The summed E-state index contributed by atoms with van der Waals surface area (Å²) in [6, 6.07) is 15.2. The van der Waals surface area contributed by atoms with Crippen molar-refractivity contribution >= 4 is 27.8 Å². The third-order valence-corrected chi connectivity index (χ3v) is 5.74. The number of hydrogen-bond acceptors (Lipinski definition) is 4. The van der Waals surface area contributed by atoms with E-state index in [1.165, 1.54) is 0 Å². The minimum absolute atomic E-state index is 0.110. The van der Waals surface area contributed by atoms with Gasteiger partial charge >= 0.3 is 5.97 Å².